The summed E-state index contributed by atoms with van der Waals surface area (Å²) in [5.74, 6) is 0. The first kappa shape index (κ1) is 12.0. The Bertz CT molecular complexity index is 539. The van der Waals surface area contributed by atoms with Crippen molar-refractivity contribution in [3.8, 4) is 10.6 Å². The van der Waals surface area contributed by atoms with E-state index in [1.807, 2.05) is 19.1 Å². The van der Waals surface area contributed by atoms with Gasteiger partial charge in [0, 0.05) is 18.0 Å². The predicted molar refractivity (Wildman–Crippen MR) is 69.6 cm³/mol. The van der Waals surface area contributed by atoms with Gasteiger partial charge in [-0.05, 0) is 19.1 Å². The molecule has 0 spiro atoms. The van der Waals surface area contributed by atoms with Crippen molar-refractivity contribution in [1.82, 2.24) is 9.97 Å². The normalized spacial score (nSPS) is 11.6. The third-order valence-electron chi connectivity index (χ3n) is 2.05. The number of halogens is 1. The Labute approximate surface area is 108 Å². The molecule has 0 saturated heterocycles. The van der Waals surface area contributed by atoms with Gasteiger partial charge in [-0.15, -0.1) is 11.3 Å². The molecule has 2 heterocycles. The fourth-order valence-corrected chi connectivity index (χ4v) is 2.59. The van der Waals surface area contributed by atoms with E-state index in [0.29, 0.717) is 10.9 Å². The first-order chi connectivity index (χ1) is 8.22. The van der Waals surface area contributed by atoms with Gasteiger partial charge in [0.2, 0.25) is 0 Å². The lowest BCUT2D eigenvalue weighted by molar-refractivity contribution is 0.213. The van der Waals surface area contributed by atoms with Gasteiger partial charge < -0.3 is 4.84 Å². The SMILES string of the molecule is CO/N=C(\C)c1sc(-c2cccnc2)nc1Cl. The van der Waals surface area contributed by atoms with Crippen molar-refractivity contribution in [3.05, 3.63) is 34.6 Å². The molecule has 0 aliphatic rings. The highest BCUT2D eigenvalue weighted by atomic mass is 35.5. The Morgan fingerprint density at radius 2 is 2.35 bits per heavy atom. The van der Waals surface area contributed by atoms with Gasteiger partial charge in [0.1, 0.15) is 17.3 Å². The molecular weight excluding hydrogens is 258 g/mol. The summed E-state index contributed by atoms with van der Waals surface area (Å²) in [6.07, 6.45) is 3.47. The molecule has 0 aliphatic heterocycles. The zero-order valence-corrected chi connectivity index (χ0v) is 10.9. The minimum atomic E-state index is 0.437. The van der Waals surface area contributed by atoms with Crippen molar-refractivity contribution in [2.45, 2.75) is 6.92 Å². The molecule has 0 fully saturated rings. The van der Waals surface area contributed by atoms with Crippen LogP contribution in [0.4, 0.5) is 0 Å². The molecule has 4 nitrogen and oxygen atoms in total. The van der Waals surface area contributed by atoms with Crippen LogP contribution in [0.15, 0.2) is 29.7 Å². The van der Waals surface area contributed by atoms with E-state index in [2.05, 4.69) is 15.1 Å². The quantitative estimate of drug-likeness (QED) is 0.634. The van der Waals surface area contributed by atoms with Crippen LogP contribution in [0.3, 0.4) is 0 Å². The zero-order valence-electron chi connectivity index (χ0n) is 9.35. The molecule has 0 aliphatic carbocycles. The molecule has 0 saturated carbocycles. The van der Waals surface area contributed by atoms with Crippen molar-refractivity contribution >= 4 is 28.6 Å². The molecule has 0 radical (unpaired) electrons. The highest BCUT2D eigenvalue weighted by Crippen LogP contribution is 2.30. The topological polar surface area (TPSA) is 47.4 Å². The predicted octanol–water partition coefficient (Wildman–Crippen LogP) is 3.23. The number of pyridine rings is 1. The molecule has 2 aromatic heterocycles. The van der Waals surface area contributed by atoms with E-state index < -0.39 is 0 Å². The summed E-state index contributed by atoms with van der Waals surface area (Å²) in [6.45, 7) is 1.83. The fraction of sp³-hybridized carbons (Fsp3) is 0.182. The van der Waals surface area contributed by atoms with Gasteiger partial charge in [-0.2, -0.15) is 0 Å². The summed E-state index contributed by atoms with van der Waals surface area (Å²) in [5, 5.41) is 5.11. The van der Waals surface area contributed by atoms with E-state index in [0.717, 1.165) is 15.4 Å². The first-order valence-corrected chi connectivity index (χ1v) is 6.06. The highest BCUT2D eigenvalue weighted by molar-refractivity contribution is 7.17. The number of nitrogens with zero attached hydrogens (tertiary/aromatic N) is 3. The van der Waals surface area contributed by atoms with Gasteiger partial charge >= 0.3 is 0 Å². The Kier molecular flexibility index (Phi) is 3.71. The summed E-state index contributed by atoms with van der Waals surface area (Å²) in [5.41, 5.74) is 1.65. The second-order valence-electron chi connectivity index (χ2n) is 3.24. The Morgan fingerprint density at radius 3 is 3.00 bits per heavy atom. The smallest absolute Gasteiger partial charge is 0.149 e. The molecule has 2 rings (SSSR count). The van der Waals surface area contributed by atoms with Gasteiger partial charge in [0.25, 0.3) is 0 Å². The molecule has 0 amide bonds. The monoisotopic (exact) mass is 267 g/mol. The summed E-state index contributed by atoms with van der Waals surface area (Å²) in [7, 11) is 1.50. The van der Waals surface area contributed by atoms with Crippen LogP contribution >= 0.6 is 22.9 Å². The highest BCUT2D eigenvalue weighted by Gasteiger charge is 2.13. The number of rotatable bonds is 3. The maximum Gasteiger partial charge on any atom is 0.149 e. The van der Waals surface area contributed by atoms with Gasteiger partial charge in [-0.25, -0.2) is 4.98 Å². The summed E-state index contributed by atoms with van der Waals surface area (Å²) in [4.78, 5) is 13.9. The van der Waals surface area contributed by atoms with Crippen molar-refractivity contribution in [2.75, 3.05) is 7.11 Å². The van der Waals surface area contributed by atoms with Crippen molar-refractivity contribution in [3.63, 3.8) is 0 Å². The number of thiazole rings is 1. The number of hydrogen-bond acceptors (Lipinski definition) is 5. The average Bonchev–Trinajstić information content (AvgIpc) is 2.73. The van der Waals surface area contributed by atoms with E-state index in [1.54, 1.807) is 12.4 Å². The Balaban J connectivity index is 2.41. The van der Waals surface area contributed by atoms with Crippen molar-refractivity contribution < 1.29 is 4.84 Å². The van der Waals surface area contributed by atoms with Crippen molar-refractivity contribution in [1.29, 1.82) is 0 Å². The maximum absolute atomic E-state index is 6.07. The van der Waals surface area contributed by atoms with Crippen LogP contribution in [0.25, 0.3) is 10.6 Å². The van der Waals surface area contributed by atoms with Crippen LogP contribution in [0, 0.1) is 0 Å². The van der Waals surface area contributed by atoms with Gasteiger partial charge in [0.15, 0.2) is 0 Å². The molecule has 0 N–H and O–H groups in total. The summed E-state index contributed by atoms with van der Waals surface area (Å²) < 4.78 is 0. The number of aromatic nitrogens is 2. The molecule has 0 atom stereocenters. The van der Waals surface area contributed by atoms with E-state index in [4.69, 9.17) is 16.4 Å². The molecular formula is C11H10ClN3OS. The van der Waals surface area contributed by atoms with Crippen LogP contribution in [0.2, 0.25) is 5.15 Å². The lowest BCUT2D eigenvalue weighted by Crippen LogP contribution is -1.91. The standard InChI is InChI=1S/C11H10ClN3OS/c1-7(15-16-2)9-10(12)14-11(17-9)8-4-3-5-13-6-8/h3-6H,1-2H3/b15-7+. The average molecular weight is 268 g/mol. The zero-order chi connectivity index (χ0) is 12.3. The van der Waals surface area contributed by atoms with Crippen LogP contribution in [-0.2, 0) is 4.84 Å². The number of oxime groups is 1. The van der Waals surface area contributed by atoms with Crippen molar-refractivity contribution in [2.24, 2.45) is 5.16 Å². The minimum absolute atomic E-state index is 0.437. The van der Waals surface area contributed by atoms with Gasteiger partial charge in [-0.3, -0.25) is 4.98 Å². The van der Waals surface area contributed by atoms with Gasteiger partial charge in [0.05, 0.1) is 10.6 Å². The molecule has 88 valence electrons. The lowest BCUT2D eigenvalue weighted by atomic mass is 10.3. The molecule has 0 bridgehead atoms. The van der Waals surface area contributed by atoms with Crippen LogP contribution in [0.1, 0.15) is 11.8 Å². The Morgan fingerprint density at radius 1 is 1.53 bits per heavy atom. The van der Waals surface area contributed by atoms with E-state index in [1.165, 1.54) is 18.4 Å². The van der Waals surface area contributed by atoms with E-state index >= 15 is 0 Å². The molecule has 6 heteroatoms. The maximum atomic E-state index is 6.07. The largest absolute Gasteiger partial charge is 0.399 e. The number of hydrogen-bond donors (Lipinski definition) is 0. The van der Waals surface area contributed by atoms with Gasteiger partial charge in [-0.1, -0.05) is 16.8 Å². The molecule has 0 aromatic carbocycles. The molecule has 2 aromatic rings. The summed E-state index contributed by atoms with van der Waals surface area (Å²) >= 11 is 7.53. The fourth-order valence-electron chi connectivity index (χ4n) is 1.32. The Hall–Kier alpha value is -1.46. The van der Waals surface area contributed by atoms with E-state index in [9.17, 15) is 0 Å². The van der Waals surface area contributed by atoms with Crippen LogP contribution < -0.4 is 0 Å². The second-order valence-corrected chi connectivity index (χ2v) is 4.60. The molecule has 17 heavy (non-hydrogen) atoms. The first-order valence-electron chi connectivity index (χ1n) is 4.87. The van der Waals surface area contributed by atoms with Crippen LogP contribution in [-0.4, -0.2) is 22.8 Å². The third-order valence-corrected chi connectivity index (χ3v) is 3.65. The van der Waals surface area contributed by atoms with E-state index in [-0.39, 0.29) is 0 Å². The van der Waals surface area contributed by atoms with Crippen LogP contribution in [0.5, 0.6) is 0 Å². The summed E-state index contributed by atoms with van der Waals surface area (Å²) in [6, 6.07) is 3.80. The third kappa shape index (κ3) is 2.62. The molecule has 0 unspecified atom stereocenters. The minimum Gasteiger partial charge on any atom is -0.399 e. The lowest BCUT2D eigenvalue weighted by Gasteiger charge is -1.94. The second kappa shape index (κ2) is 5.25.